The SMILES string of the molecule is CC(=O)N1CCN(c2ccc(C(=O)NCCc3ccc(OC(F)F)cc3)cc2[N+](=O)[O-])CC1. The van der Waals surface area contributed by atoms with Gasteiger partial charge in [-0.2, -0.15) is 8.78 Å². The van der Waals surface area contributed by atoms with Crippen LogP contribution in [-0.4, -0.2) is 61.0 Å². The van der Waals surface area contributed by atoms with Crippen molar-refractivity contribution in [2.24, 2.45) is 0 Å². The number of piperazine rings is 1. The lowest BCUT2D eigenvalue weighted by Crippen LogP contribution is -2.48. The number of nitro groups is 1. The van der Waals surface area contributed by atoms with E-state index < -0.39 is 17.4 Å². The Morgan fingerprint density at radius 1 is 1.12 bits per heavy atom. The monoisotopic (exact) mass is 462 g/mol. The van der Waals surface area contributed by atoms with E-state index in [1.807, 2.05) is 4.90 Å². The van der Waals surface area contributed by atoms with Crippen molar-refractivity contribution < 1.29 is 28.0 Å². The number of alkyl halides is 2. The van der Waals surface area contributed by atoms with E-state index in [2.05, 4.69) is 10.1 Å². The van der Waals surface area contributed by atoms with E-state index in [9.17, 15) is 28.5 Å². The number of hydrogen-bond donors (Lipinski definition) is 1. The molecule has 176 valence electrons. The molecule has 1 saturated heterocycles. The molecule has 0 radical (unpaired) electrons. The number of rotatable bonds is 8. The number of benzene rings is 2. The minimum absolute atomic E-state index is 0.0337. The van der Waals surface area contributed by atoms with Crippen LogP contribution in [0.3, 0.4) is 0 Å². The topological polar surface area (TPSA) is 105 Å². The van der Waals surface area contributed by atoms with Crippen molar-refractivity contribution >= 4 is 23.2 Å². The summed E-state index contributed by atoms with van der Waals surface area (Å²) in [6, 6.07) is 10.4. The largest absolute Gasteiger partial charge is 0.435 e. The van der Waals surface area contributed by atoms with Gasteiger partial charge in [0.2, 0.25) is 5.91 Å². The molecule has 0 atom stereocenters. The van der Waals surface area contributed by atoms with E-state index in [4.69, 9.17) is 0 Å². The number of amides is 2. The van der Waals surface area contributed by atoms with Gasteiger partial charge in [0.1, 0.15) is 11.4 Å². The molecule has 1 N–H and O–H groups in total. The molecule has 0 aromatic heterocycles. The summed E-state index contributed by atoms with van der Waals surface area (Å²) in [6.45, 7) is 0.739. The number of nitrogens with zero attached hydrogens (tertiary/aromatic N) is 3. The number of anilines is 1. The maximum absolute atomic E-state index is 12.5. The number of nitro benzene ring substituents is 1. The fourth-order valence-electron chi connectivity index (χ4n) is 3.60. The van der Waals surface area contributed by atoms with Gasteiger partial charge in [0.05, 0.1) is 4.92 Å². The van der Waals surface area contributed by atoms with Crippen LogP contribution in [0, 0.1) is 10.1 Å². The first kappa shape index (κ1) is 23.9. The highest BCUT2D eigenvalue weighted by Gasteiger charge is 2.25. The summed E-state index contributed by atoms with van der Waals surface area (Å²) in [5, 5.41) is 14.3. The maximum atomic E-state index is 12.5. The second kappa shape index (κ2) is 10.7. The lowest BCUT2D eigenvalue weighted by atomic mass is 10.1. The van der Waals surface area contributed by atoms with Crippen molar-refractivity contribution in [2.75, 3.05) is 37.6 Å². The first-order valence-electron chi connectivity index (χ1n) is 10.4. The molecule has 9 nitrogen and oxygen atoms in total. The molecule has 2 aromatic rings. The summed E-state index contributed by atoms with van der Waals surface area (Å²) in [5.41, 5.74) is 1.20. The van der Waals surface area contributed by atoms with Crippen molar-refractivity contribution in [1.29, 1.82) is 0 Å². The Bertz CT molecular complexity index is 1010. The van der Waals surface area contributed by atoms with E-state index in [0.717, 1.165) is 5.56 Å². The van der Waals surface area contributed by atoms with Crippen LogP contribution in [0.15, 0.2) is 42.5 Å². The molecule has 0 aliphatic carbocycles. The third-order valence-corrected chi connectivity index (χ3v) is 5.35. The number of hydrogen-bond acceptors (Lipinski definition) is 6. The van der Waals surface area contributed by atoms with Gasteiger partial charge >= 0.3 is 6.61 Å². The summed E-state index contributed by atoms with van der Waals surface area (Å²) < 4.78 is 28.7. The Kier molecular flexibility index (Phi) is 7.75. The molecular weight excluding hydrogens is 438 g/mol. The highest BCUT2D eigenvalue weighted by Crippen LogP contribution is 2.30. The number of carbonyl (C=O) groups is 2. The number of nitrogens with one attached hydrogen (secondary N) is 1. The van der Waals surface area contributed by atoms with Crippen LogP contribution in [0.4, 0.5) is 20.2 Å². The lowest BCUT2D eigenvalue weighted by molar-refractivity contribution is -0.384. The molecule has 11 heteroatoms. The Balaban J connectivity index is 1.60. The van der Waals surface area contributed by atoms with Crippen LogP contribution >= 0.6 is 0 Å². The highest BCUT2D eigenvalue weighted by atomic mass is 19.3. The van der Waals surface area contributed by atoms with Gasteiger partial charge in [-0.3, -0.25) is 19.7 Å². The van der Waals surface area contributed by atoms with Gasteiger partial charge in [-0.25, -0.2) is 0 Å². The normalized spacial score (nSPS) is 13.7. The van der Waals surface area contributed by atoms with Crippen molar-refractivity contribution in [3.63, 3.8) is 0 Å². The van der Waals surface area contributed by atoms with E-state index in [0.29, 0.717) is 38.3 Å². The van der Waals surface area contributed by atoms with E-state index in [1.54, 1.807) is 23.1 Å². The summed E-state index contributed by atoms with van der Waals surface area (Å²) in [4.78, 5) is 38.6. The van der Waals surface area contributed by atoms with Crippen molar-refractivity contribution in [1.82, 2.24) is 10.2 Å². The van der Waals surface area contributed by atoms with Gasteiger partial charge in [0.25, 0.3) is 11.6 Å². The standard InChI is InChI=1S/C22H24F2N4O5/c1-15(29)26-10-12-27(13-11-26)19-7-4-17(14-20(19)28(31)32)21(30)25-9-8-16-2-5-18(6-3-16)33-22(23)24/h2-7,14,22H,8-13H2,1H3,(H,25,30). The average molecular weight is 462 g/mol. The highest BCUT2D eigenvalue weighted by molar-refractivity contribution is 5.95. The molecule has 33 heavy (non-hydrogen) atoms. The molecule has 1 fully saturated rings. The van der Waals surface area contributed by atoms with E-state index in [1.165, 1.54) is 31.2 Å². The van der Waals surface area contributed by atoms with Gasteiger partial charge in [0.15, 0.2) is 0 Å². The van der Waals surface area contributed by atoms with Crippen LogP contribution in [0.1, 0.15) is 22.8 Å². The zero-order chi connectivity index (χ0) is 24.0. The fourth-order valence-corrected chi connectivity index (χ4v) is 3.60. The van der Waals surface area contributed by atoms with Crippen LogP contribution in [0.2, 0.25) is 0 Å². The zero-order valence-electron chi connectivity index (χ0n) is 18.0. The second-order valence-electron chi connectivity index (χ2n) is 7.48. The van der Waals surface area contributed by atoms with Gasteiger partial charge in [-0.1, -0.05) is 12.1 Å². The van der Waals surface area contributed by atoms with Crippen molar-refractivity contribution in [2.45, 2.75) is 20.0 Å². The molecular formula is C22H24F2N4O5. The van der Waals surface area contributed by atoms with Crippen molar-refractivity contribution in [3.05, 3.63) is 63.7 Å². The van der Waals surface area contributed by atoms with E-state index in [-0.39, 0.29) is 29.5 Å². The summed E-state index contributed by atoms with van der Waals surface area (Å²) >= 11 is 0. The Morgan fingerprint density at radius 2 is 1.79 bits per heavy atom. The molecule has 2 aromatic carbocycles. The summed E-state index contributed by atoms with van der Waals surface area (Å²) in [6.07, 6.45) is 0.446. The van der Waals surface area contributed by atoms with Gasteiger partial charge in [-0.05, 0) is 36.2 Å². The van der Waals surface area contributed by atoms with E-state index >= 15 is 0 Å². The fraction of sp³-hybridized carbons (Fsp3) is 0.364. The predicted octanol–water partition coefficient (Wildman–Crippen LogP) is 2.84. The molecule has 0 spiro atoms. The predicted molar refractivity (Wildman–Crippen MR) is 117 cm³/mol. The maximum Gasteiger partial charge on any atom is 0.387 e. The number of halogens is 2. The molecule has 0 saturated carbocycles. The van der Waals surface area contributed by atoms with Gasteiger partial charge < -0.3 is 19.9 Å². The molecule has 2 amide bonds. The molecule has 1 heterocycles. The van der Waals surface area contributed by atoms with Gasteiger partial charge in [0, 0.05) is 51.3 Å². The van der Waals surface area contributed by atoms with Crippen LogP contribution in [-0.2, 0) is 11.2 Å². The minimum atomic E-state index is -2.89. The molecule has 3 rings (SSSR count). The molecule has 1 aliphatic rings. The number of carbonyl (C=O) groups excluding carboxylic acids is 2. The average Bonchev–Trinajstić information content (AvgIpc) is 2.79. The quantitative estimate of drug-likeness (QED) is 0.478. The zero-order valence-corrected chi connectivity index (χ0v) is 18.0. The third kappa shape index (κ3) is 6.37. The summed E-state index contributed by atoms with van der Waals surface area (Å²) in [7, 11) is 0. The Labute approximate surface area is 189 Å². The van der Waals surface area contributed by atoms with Gasteiger partial charge in [-0.15, -0.1) is 0 Å². The van der Waals surface area contributed by atoms with Crippen LogP contribution in [0.25, 0.3) is 0 Å². The van der Waals surface area contributed by atoms with Crippen molar-refractivity contribution in [3.8, 4) is 5.75 Å². The Morgan fingerprint density at radius 3 is 2.36 bits per heavy atom. The molecule has 0 unspecified atom stereocenters. The Hall–Kier alpha value is -3.76. The summed E-state index contributed by atoms with van der Waals surface area (Å²) in [5.74, 6) is -0.440. The second-order valence-corrected chi connectivity index (χ2v) is 7.48. The smallest absolute Gasteiger partial charge is 0.387 e. The molecule has 1 aliphatic heterocycles. The molecule has 0 bridgehead atoms. The lowest BCUT2D eigenvalue weighted by Gasteiger charge is -2.35. The van der Waals surface area contributed by atoms with Crippen LogP contribution < -0.4 is 15.0 Å². The minimum Gasteiger partial charge on any atom is -0.435 e. The third-order valence-electron chi connectivity index (χ3n) is 5.35. The number of ether oxygens (including phenoxy) is 1. The van der Waals surface area contributed by atoms with Crippen LogP contribution in [0.5, 0.6) is 5.75 Å². The first-order valence-corrected chi connectivity index (χ1v) is 10.4. The first-order chi connectivity index (χ1) is 15.7.